The Hall–Kier alpha value is -1.91. The largest absolute Gasteiger partial charge is 0.370 e. The maximum atomic E-state index is 11.6. The molecule has 5 nitrogen and oxygen atoms in total. The number of amides is 2. The van der Waals surface area contributed by atoms with E-state index in [-0.39, 0.29) is 17.7 Å². The molecule has 1 atom stereocenters. The SMILES string of the molecule is C[C@@H](CCNC(=O)Cc1ccncc1)CC(N)=O. The number of hydrogen-bond acceptors (Lipinski definition) is 3. The number of hydrogen-bond donors (Lipinski definition) is 2. The number of nitrogens with one attached hydrogen (secondary N) is 1. The van der Waals surface area contributed by atoms with E-state index in [1.807, 2.05) is 19.1 Å². The zero-order valence-corrected chi connectivity index (χ0v) is 10.6. The van der Waals surface area contributed by atoms with Crippen LogP contribution in [0.15, 0.2) is 24.5 Å². The molecular formula is C13H19N3O2. The Bertz CT molecular complexity index is 392. The highest BCUT2D eigenvalue weighted by Gasteiger charge is 2.07. The number of primary amides is 1. The lowest BCUT2D eigenvalue weighted by Gasteiger charge is -2.10. The van der Waals surface area contributed by atoms with Crippen LogP contribution in [-0.2, 0) is 16.0 Å². The van der Waals surface area contributed by atoms with Gasteiger partial charge in [0.2, 0.25) is 11.8 Å². The van der Waals surface area contributed by atoms with Crippen molar-refractivity contribution in [2.45, 2.75) is 26.2 Å². The van der Waals surface area contributed by atoms with Gasteiger partial charge in [0.1, 0.15) is 0 Å². The summed E-state index contributed by atoms with van der Waals surface area (Å²) in [6.45, 7) is 2.51. The first-order valence-electron chi connectivity index (χ1n) is 6.02. The number of aromatic nitrogens is 1. The molecule has 0 aliphatic heterocycles. The van der Waals surface area contributed by atoms with Crippen molar-refractivity contribution in [1.29, 1.82) is 0 Å². The van der Waals surface area contributed by atoms with E-state index in [2.05, 4.69) is 10.3 Å². The molecule has 18 heavy (non-hydrogen) atoms. The fourth-order valence-corrected chi connectivity index (χ4v) is 1.65. The molecule has 0 unspecified atom stereocenters. The Kier molecular flexibility index (Phi) is 5.84. The average Bonchev–Trinajstić information content (AvgIpc) is 2.29. The molecule has 1 rings (SSSR count). The van der Waals surface area contributed by atoms with Crippen LogP contribution in [0.5, 0.6) is 0 Å². The van der Waals surface area contributed by atoms with E-state index >= 15 is 0 Å². The van der Waals surface area contributed by atoms with Gasteiger partial charge in [0.15, 0.2) is 0 Å². The molecule has 2 amide bonds. The van der Waals surface area contributed by atoms with Crippen LogP contribution in [0, 0.1) is 5.92 Å². The van der Waals surface area contributed by atoms with Crippen molar-refractivity contribution in [2.75, 3.05) is 6.54 Å². The third kappa shape index (κ3) is 5.98. The van der Waals surface area contributed by atoms with Gasteiger partial charge in [0.25, 0.3) is 0 Å². The van der Waals surface area contributed by atoms with Gasteiger partial charge < -0.3 is 11.1 Å². The zero-order valence-electron chi connectivity index (χ0n) is 10.6. The average molecular weight is 249 g/mol. The third-order valence-electron chi connectivity index (χ3n) is 2.62. The highest BCUT2D eigenvalue weighted by molar-refractivity contribution is 5.78. The van der Waals surface area contributed by atoms with Gasteiger partial charge in [-0.05, 0) is 30.0 Å². The Morgan fingerprint density at radius 1 is 1.39 bits per heavy atom. The molecule has 0 fully saturated rings. The van der Waals surface area contributed by atoms with Crippen molar-refractivity contribution in [3.63, 3.8) is 0 Å². The molecule has 98 valence electrons. The van der Waals surface area contributed by atoms with E-state index in [0.717, 1.165) is 12.0 Å². The zero-order chi connectivity index (χ0) is 13.4. The van der Waals surface area contributed by atoms with Gasteiger partial charge in [-0.25, -0.2) is 0 Å². The number of carbonyl (C=O) groups is 2. The molecule has 0 aliphatic carbocycles. The maximum Gasteiger partial charge on any atom is 0.224 e. The van der Waals surface area contributed by atoms with Gasteiger partial charge in [0, 0.05) is 25.4 Å². The molecule has 0 bridgehead atoms. The fourth-order valence-electron chi connectivity index (χ4n) is 1.65. The van der Waals surface area contributed by atoms with Crippen LogP contribution in [0.25, 0.3) is 0 Å². The van der Waals surface area contributed by atoms with Crippen molar-refractivity contribution in [2.24, 2.45) is 11.7 Å². The first kappa shape index (κ1) is 14.2. The van der Waals surface area contributed by atoms with Crippen LogP contribution >= 0.6 is 0 Å². The predicted molar refractivity (Wildman–Crippen MR) is 68.5 cm³/mol. The maximum absolute atomic E-state index is 11.6. The molecule has 0 saturated carbocycles. The minimum absolute atomic E-state index is 0.0209. The topological polar surface area (TPSA) is 85.1 Å². The van der Waals surface area contributed by atoms with Crippen LogP contribution in [0.2, 0.25) is 0 Å². The summed E-state index contributed by atoms with van der Waals surface area (Å²) in [5.41, 5.74) is 6.03. The second-order valence-corrected chi connectivity index (χ2v) is 4.45. The molecule has 5 heteroatoms. The highest BCUT2D eigenvalue weighted by Crippen LogP contribution is 2.05. The van der Waals surface area contributed by atoms with Crippen molar-refractivity contribution < 1.29 is 9.59 Å². The van der Waals surface area contributed by atoms with E-state index in [1.165, 1.54) is 0 Å². The van der Waals surface area contributed by atoms with Crippen LogP contribution < -0.4 is 11.1 Å². The number of rotatable bonds is 7. The van der Waals surface area contributed by atoms with E-state index in [9.17, 15) is 9.59 Å². The first-order valence-corrected chi connectivity index (χ1v) is 6.02. The molecule has 1 aromatic rings. The second-order valence-electron chi connectivity index (χ2n) is 4.45. The molecule has 0 saturated heterocycles. The van der Waals surface area contributed by atoms with E-state index in [4.69, 9.17) is 5.73 Å². The molecule has 0 spiro atoms. The molecular weight excluding hydrogens is 230 g/mol. The summed E-state index contributed by atoms with van der Waals surface area (Å²) in [6, 6.07) is 3.63. The number of pyridine rings is 1. The normalized spacial score (nSPS) is 11.8. The van der Waals surface area contributed by atoms with Crippen LogP contribution in [0.4, 0.5) is 0 Å². The lowest BCUT2D eigenvalue weighted by atomic mass is 10.0. The second kappa shape index (κ2) is 7.42. The van der Waals surface area contributed by atoms with Crippen molar-refractivity contribution in [1.82, 2.24) is 10.3 Å². The van der Waals surface area contributed by atoms with Crippen molar-refractivity contribution in [3.8, 4) is 0 Å². The lowest BCUT2D eigenvalue weighted by molar-refractivity contribution is -0.120. The summed E-state index contributed by atoms with van der Waals surface area (Å²) in [7, 11) is 0. The van der Waals surface area contributed by atoms with Gasteiger partial charge >= 0.3 is 0 Å². The van der Waals surface area contributed by atoms with E-state index in [1.54, 1.807) is 12.4 Å². The van der Waals surface area contributed by atoms with Crippen molar-refractivity contribution >= 4 is 11.8 Å². The summed E-state index contributed by atoms with van der Waals surface area (Å²) in [6.07, 6.45) is 4.80. The smallest absolute Gasteiger partial charge is 0.224 e. The quantitative estimate of drug-likeness (QED) is 0.743. The van der Waals surface area contributed by atoms with Gasteiger partial charge in [-0.1, -0.05) is 6.92 Å². The van der Waals surface area contributed by atoms with Crippen molar-refractivity contribution in [3.05, 3.63) is 30.1 Å². The van der Waals surface area contributed by atoms with Crippen LogP contribution in [-0.4, -0.2) is 23.3 Å². The van der Waals surface area contributed by atoms with Gasteiger partial charge in [-0.3, -0.25) is 14.6 Å². The van der Waals surface area contributed by atoms with E-state index < -0.39 is 0 Å². The summed E-state index contributed by atoms with van der Waals surface area (Å²) in [5, 5.41) is 2.82. The van der Waals surface area contributed by atoms with Crippen LogP contribution in [0.1, 0.15) is 25.3 Å². The molecule has 0 aromatic carbocycles. The lowest BCUT2D eigenvalue weighted by Crippen LogP contribution is -2.27. The fraction of sp³-hybridized carbons (Fsp3) is 0.462. The Labute approximate surface area is 107 Å². The molecule has 0 aliphatic rings. The van der Waals surface area contributed by atoms with Crippen LogP contribution in [0.3, 0.4) is 0 Å². The van der Waals surface area contributed by atoms with Gasteiger partial charge in [-0.2, -0.15) is 0 Å². The monoisotopic (exact) mass is 249 g/mol. The summed E-state index contributed by atoms with van der Waals surface area (Å²) >= 11 is 0. The Morgan fingerprint density at radius 2 is 2.06 bits per heavy atom. The molecule has 1 heterocycles. The first-order chi connectivity index (χ1) is 8.58. The number of nitrogens with two attached hydrogens (primary N) is 1. The number of carbonyl (C=O) groups excluding carboxylic acids is 2. The van der Waals surface area contributed by atoms with Gasteiger partial charge in [0.05, 0.1) is 6.42 Å². The number of nitrogens with zero attached hydrogens (tertiary/aromatic N) is 1. The Balaban J connectivity index is 2.20. The van der Waals surface area contributed by atoms with Gasteiger partial charge in [-0.15, -0.1) is 0 Å². The molecule has 1 aromatic heterocycles. The highest BCUT2D eigenvalue weighted by atomic mass is 16.1. The molecule has 0 radical (unpaired) electrons. The standard InChI is InChI=1S/C13H19N3O2/c1-10(8-12(14)17)2-7-16-13(18)9-11-3-5-15-6-4-11/h3-6,10H,2,7-9H2,1H3,(H2,14,17)(H,16,18)/t10-/m0/s1. The minimum Gasteiger partial charge on any atom is -0.370 e. The van der Waals surface area contributed by atoms with E-state index in [0.29, 0.717) is 19.4 Å². The summed E-state index contributed by atoms with van der Waals surface area (Å²) in [5.74, 6) is -0.123. The summed E-state index contributed by atoms with van der Waals surface area (Å²) < 4.78 is 0. The minimum atomic E-state index is -0.300. The third-order valence-corrected chi connectivity index (χ3v) is 2.62. The predicted octanol–water partition coefficient (Wildman–Crippen LogP) is 0.642. The Morgan fingerprint density at radius 3 is 2.67 bits per heavy atom. The summed E-state index contributed by atoms with van der Waals surface area (Å²) in [4.78, 5) is 26.2. The molecule has 3 N–H and O–H groups in total.